The summed E-state index contributed by atoms with van der Waals surface area (Å²) in [7, 11) is 2.40. The average Bonchev–Trinajstić information content (AvgIpc) is 1.99. The van der Waals surface area contributed by atoms with Crippen LogP contribution in [0.25, 0.3) is 0 Å². The Bertz CT molecular complexity index is 123. The molecule has 0 spiro atoms. The number of thiol groups is 1. The first-order valence-electron chi connectivity index (χ1n) is 3.77. The Balaban J connectivity index is 4.30. The molecule has 0 aromatic carbocycles. The van der Waals surface area contributed by atoms with Crippen LogP contribution in [0.15, 0.2) is 0 Å². The van der Waals surface area contributed by atoms with Gasteiger partial charge in [-0.05, 0) is 0 Å². The minimum Gasteiger partial charge on any atom is -0.377 e. The molecule has 0 aliphatic carbocycles. The summed E-state index contributed by atoms with van der Waals surface area (Å²) in [6, 6.07) is 0.701. The van der Waals surface area contributed by atoms with Gasteiger partial charge in [0.05, 0.1) is 0 Å². The van der Waals surface area contributed by atoms with Crippen molar-refractivity contribution in [3.8, 4) is 0 Å². The molecule has 0 fully saturated rings. The predicted octanol–water partition coefficient (Wildman–Crippen LogP) is 1.57. The summed E-state index contributed by atoms with van der Waals surface area (Å²) in [5.74, 6) is 0. The zero-order valence-electron chi connectivity index (χ0n) is 8.38. The Morgan fingerprint density at radius 1 is 1.08 bits per heavy atom. The number of hydrogen-bond acceptors (Lipinski definition) is 4. The van der Waals surface area contributed by atoms with Gasteiger partial charge >= 0.3 is 8.80 Å². The van der Waals surface area contributed by atoms with Crippen molar-refractivity contribution in [1.29, 1.82) is 0 Å². The standard InChI is InChI=1S/C7H18O3SSi/c1-7(2,11)6-12(8-3,9-4)10-5/h11H,6H2,1-5H3. The van der Waals surface area contributed by atoms with E-state index in [0.717, 1.165) is 0 Å². The molecule has 0 unspecified atom stereocenters. The molecule has 0 radical (unpaired) electrons. The Labute approximate surface area is 81.2 Å². The maximum atomic E-state index is 5.26. The summed E-state index contributed by atoms with van der Waals surface area (Å²) in [6.07, 6.45) is 0. The highest BCUT2D eigenvalue weighted by Gasteiger charge is 2.42. The molecule has 0 heterocycles. The minimum absolute atomic E-state index is 0.131. The summed E-state index contributed by atoms with van der Waals surface area (Å²) < 4.78 is 15.6. The van der Waals surface area contributed by atoms with Gasteiger partial charge in [-0.2, -0.15) is 12.6 Å². The van der Waals surface area contributed by atoms with Gasteiger partial charge < -0.3 is 13.3 Å². The van der Waals surface area contributed by atoms with E-state index >= 15 is 0 Å². The smallest absolute Gasteiger partial charge is 0.377 e. The van der Waals surface area contributed by atoms with Gasteiger partial charge in [0.1, 0.15) is 0 Å². The second-order valence-corrected chi connectivity index (χ2v) is 7.44. The van der Waals surface area contributed by atoms with Crippen LogP contribution in [0.4, 0.5) is 0 Å². The van der Waals surface area contributed by atoms with Gasteiger partial charge in [-0.1, -0.05) is 13.8 Å². The van der Waals surface area contributed by atoms with E-state index in [0.29, 0.717) is 6.04 Å². The van der Waals surface area contributed by atoms with Crippen molar-refractivity contribution in [2.45, 2.75) is 24.6 Å². The summed E-state index contributed by atoms with van der Waals surface area (Å²) >= 11 is 4.40. The van der Waals surface area contributed by atoms with Crippen molar-refractivity contribution in [3.63, 3.8) is 0 Å². The first-order chi connectivity index (χ1) is 5.39. The van der Waals surface area contributed by atoms with E-state index in [4.69, 9.17) is 13.3 Å². The van der Waals surface area contributed by atoms with Gasteiger partial charge in [-0.15, -0.1) is 0 Å². The van der Waals surface area contributed by atoms with E-state index in [2.05, 4.69) is 12.6 Å². The third-order valence-corrected chi connectivity index (χ3v) is 5.22. The normalized spacial score (nSPS) is 13.5. The van der Waals surface area contributed by atoms with E-state index in [1.54, 1.807) is 21.3 Å². The van der Waals surface area contributed by atoms with Crippen LogP contribution in [0, 0.1) is 0 Å². The van der Waals surface area contributed by atoms with Crippen LogP contribution in [-0.2, 0) is 13.3 Å². The van der Waals surface area contributed by atoms with Crippen molar-refractivity contribution in [1.82, 2.24) is 0 Å². The zero-order valence-corrected chi connectivity index (χ0v) is 10.3. The van der Waals surface area contributed by atoms with Gasteiger partial charge in [0.25, 0.3) is 0 Å². The van der Waals surface area contributed by atoms with Crippen molar-refractivity contribution < 1.29 is 13.3 Å². The van der Waals surface area contributed by atoms with E-state index in [-0.39, 0.29) is 4.75 Å². The predicted molar refractivity (Wildman–Crippen MR) is 54.7 cm³/mol. The quantitative estimate of drug-likeness (QED) is 0.551. The molecule has 0 aliphatic heterocycles. The maximum absolute atomic E-state index is 5.26. The third kappa shape index (κ3) is 3.91. The Morgan fingerprint density at radius 3 is 1.50 bits per heavy atom. The van der Waals surface area contributed by atoms with Crippen molar-refractivity contribution in [3.05, 3.63) is 0 Å². The lowest BCUT2D eigenvalue weighted by Gasteiger charge is -2.30. The highest BCUT2D eigenvalue weighted by atomic mass is 32.1. The lowest BCUT2D eigenvalue weighted by atomic mass is 10.2. The topological polar surface area (TPSA) is 27.7 Å². The first-order valence-corrected chi connectivity index (χ1v) is 6.15. The lowest BCUT2D eigenvalue weighted by molar-refractivity contribution is 0.121. The molecular formula is C7H18O3SSi. The Hall–Kier alpha value is 0.447. The molecule has 74 valence electrons. The van der Waals surface area contributed by atoms with Crippen LogP contribution in [0.1, 0.15) is 13.8 Å². The summed E-state index contributed by atoms with van der Waals surface area (Å²) in [4.78, 5) is 0. The molecular weight excluding hydrogens is 192 g/mol. The van der Waals surface area contributed by atoms with Crippen LogP contribution in [0.3, 0.4) is 0 Å². The molecule has 0 rings (SSSR count). The fourth-order valence-corrected chi connectivity index (χ4v) is 3.57. The molecule has 0 aromatic rings. The van der Waals surface area contributed by atoms with E-state index in [9.17, 15) is 0 Å². The number of hydrogen-bond donors (Lipinski definition) is 1. The van der Waals surface area contributed by atoms with Crippen molar-refractivity contribution >= 4 is 21.4 Å². The number of rotatable bonds is 5. The molecule has 0 aromatic heterocycles. The lowest BCUT2D eigenvalue weighted by Crippen LogP contribution is -2.46. The highest BCUT2D eigenvalue weighted by molar-refractivity contribution is 7.81. The largest absolute Gasteiger partial charge is 0.501 e. The minimum atomic E-state index is -2.43. The van der Waals surface area contributed by atoms with Crippen LogP contribution in [0.2, 0.25) is 6.04 Å². The monoisotopic (exact) mass is 210 g/mol. The van der Waals surface area contributed by atoms with Gasteiger partial charge in [-0.25, -0.2) is 0 Å². The molecule has 0 N–H and O–H groups in total. The van der Waals surface area contributed by atoms with E-state index in [1.807, 2.05) is 13.8 Å². The molecule has 0 bridgehead atoms. The molecule has 0 aliphatic rings. The van der Waals surface area contributed by atoms with Crippen molar-refractivity contribution in [2.75, 3.05) is 21.3 Å². The van der Waals surface area contributed by atoms with Crippen LogP contribution < -0.4 is 0 Å². The van der Waals surface area contributed by atoms with E-state index in [1.165, 1.54) is 0 Å². The van der Waals surface area contributed by atoms with E-state index < -0.39 is 8.80 Å². The first kappa shape index (κ1) is 12.4. The Morgan fingerprint density at radius 2 is 1.42 bits per heavy atom. The molecule has 5 heteroatoms. The zero-order chi connectivity index (χ0) is 9.83. The van der Waals surface area contributed by atoms with Crippen LogP contribution in [-0.4, -0.2) is 34.9 Å². The van der Waals surface area contributed by atoms with Crippen molar-refractivity contribution in [2.24, 2.45) is 0 Å². The molecule has 3 nitrogen and oxygen atoms in total. The molecule has 0 saturated heterocycles. The molecule has 0 atom stereocenters. The second kappa shape index (κ2) is 4.62. The summed E-state index contributed by atoms with van der Waals surface area (Å²) in [6.45, 7) is 4.02. The van der Waals surface area contributed by atoms with Crippen LogP contribution in [0.5, 0.6) is 0 Å². The van der Waals surface area contributed by atoms with Crippen LogP contribution >= 0.6 is 12.6 Å². The summed E-state index contributed by atoms with van der Waals surface area (Å²) in [5, 5.41) is 0. The molecule has 0 saturated carbocycles. The fraction of sp³-hybridized carbons (Fsp3) is 1.00. The SMILES string of the molecule is CO[Si](CC(C)(C)S)(OC)OC. The highest BCUT2D eigenvalue weighted by Crippen LogP contribution is 2.26. The molecule has 0 amide bonds. The Kier molecular flexibility index (Phi) is 4.79. The average molecular weight is 210 g/mol. The second-order valence-electron chi connectivity index (χ2n) is 3.28. The van der Waals surface area contributed by atoms with Gasteiger partial charge in [-0.3, -0.25) is 0 Å². The summed E-state index contributed by atoms with van der Waals surface area (Å²) in [5.41, 5.74) is 0. The van der Waals surface area contributed by atoms with Gasteiger partial charge in [0, 0.05) is 32.1 Å². The van der Waals surface area contributed by atoms with Gasteiger partial charge in [0.15, 0.2) is 0 Å². The van der Waals surface area contributed by atoms with Gasteiger partial charge in [0.2, 0.25) is 0 Å². The third-order valence-electron chi connectivity index (χ3n) is 1.58. The maximum Gasteiger partial charge on any atom is 0.501 e. The fourth-order valence-electron chi connectivity index (χ4n) is 0.996. The molecule has 12 heavy (non-hydrogen) atoms.